The fourth-order valence-electron chi connectivity index (χ4n) is 1.41. The van der Waals surface area contributed by atoms with E-state index in [9.17, 15) is 0 Å². The van der Waals surface area contributed by atoms with Crippen LogP contribution in [0.2, 0.25) is 0 Å². The van der Waals surface area contributed by atoms with Crippen molar-refractivity contribution >= 4 is 20.4 Å². The summed E-state index contributed by atoms with van der Waals surface area (Å²) in [5.41, 5.74) is 7.14. The fraction of sp³-hybridized carbons (Fsp3) is 0.357. The first-order valence-corrected chi connectivity index (χ1v) is 4.69. The van der Waals surface area contributed by atoms with Gasteiger partial charge < -0.3 is 0 Å². The van der Waals surface area contributed by atoms with Gasteiger partial charge >= 0.3 is 0 Å². The molecular formula is C14H16CrO3. The quantitative estimate of drug-likeness (QED) is 0.732. The predicted molar refractivity (Wildman–Crippen MR) is 67.2 cm³/mol. The normalized spacial score (nSPS) is 6.94. The number of hydrogen-bond acceptors (Lipinski definition) is 3. The minimum Gasteiger partial charge on any atom is -0.281 e. The van der Waals surface area contributed by atoms with Crippen molar-refractivity contribution in [3.63, 3.8) is 0 Å². The minimum absolute atomic E-state index is 0. The third-order valence-corrected chi connectivity index (χ3v) is 2.74. The zero-order valence-corrected chi connectivity index (χ0v) is 12.5. The van der Waals surface area contributed by atoms with E-state index in [0.717, 1.165) is 0 Å². The van der Waals surface area contributed by atoms with Crippen LogP contribution in [0.3, 0.4) is 0 Å². The average Bonchev–Trinajstić information content (AvgIpc) is 2.41. The molecule has 0 unspecified atom stereocenters. The Labute approximate surface area is 121 Å². The second-order valence-corrected chi connectivity index (χ2v) is 3.39. The zero-order chi connectivity index (χ0) is 14.6. The van der Waals surface area contributed by atoms with Crippen molar-refractivity contribution in [2.45, 2.75) is 34.6 Å². The van der Waals surface area contributed by atoms with E-state index in [0.29, 0.717) is 0 Å². The standard InChI is InChI=1S/C11H16.3CO.Cr/c1-7-6-8(2)10(4)11(5)9(7)3;3*1-2;/h6H,1-5H3;;;;. The van der Waals surface area contributed by atoms with Gasteiger partial charge in [-0.05, 0) is 62.4 Å². The number of carbonyl (C=O) groups excluding carboxylic acids is 3. The van der Waals surface area contributed by atoms with Crippen LogP contribution in [0.15, 0.2) is 6.07 Å². The van der Waals surface area contributed by atoms with Gasteiger partial charge in [-0.3, -0.25) is 14.4 Å². The van der Waals surface area contributed by atoms with Crippen LogP contribution in [0.5, 0.6) is 0 Å². The van der Waals surface area contributed by atoms with Gasteiger partial charge in [-0.15, -0.1) is 0 Å². The predicted octanol–water partition coefficient (Wildman–Crippen LogP) is 2.03. The summed E-state index contributed by atoms with van der Waals surface area (Å²) in [6.07, 6.45) is 0. The molecule has 0 aliphatic carbocycles. The molecule has 4 heteroatoms. The number of rotatable bonds is 0. The van der Waals surface area contributed by atoms with Crippen molar-refractivity contribution in [1.29, 1.82) is 0 Å². The van der Waals surface area contributed by atoms with Crippen molar-refractivity contribution in [1.82, 2.24) is 0 Å². The first kappa shape index (κ1) is 25.6. The van der Waals surface area contributed by atoms with E-state index in [4.69, 9.17) is 14.4 Å². The van der Waals surface area contributed by atoms with Crippen molar-refractivity contribution in [3.05, 3.63) is 33.9 Å². The molecule has 1 aromatic carbocycles. The molecule has 1 rings (SSSR count). The molecule has 0 atom stereocenters. The molecule has 96 valence electrons. The summed E-state index contributed by atoms with van der Waals surface area (Å²) in [7, 11) is 0. The summed E-state index contributed by atoms with van der Waals surface area (Å²) in [4.78, 5) is 22.5. The Morgan fingerprint density at radius 1 is 0.611 bits per heavy atom. The van der Waals surface area contributed by atoms with Gasteiger partial charge in [0.1, 0.15) is 0 Å². The summed E-state index contributed by atoms with van der Waals surface area (Å²) in [5.74, 6) is 0. The molecule has 0 saturated heterocycles. The van der Waals surface area contributed by atoms with Gasteiger partial charge in [0.2, 0.25) is 0 Å². The summed E-state index contributed by atoms with van der Waals surface area (Å²) >= 11 is 0. The molecule has 0 heterocycles. The molecule has 6 radical (unpaired) electrons. The van der Waals surface area contributed by atoms with Gasteiger partial charge in [-0.1, -0.05) is 6.07 Å². The molecule has 0 N–H and O–H groups in total. The molecule has 18 heavy (non-hydrogen) atoms. The van der Waals surface area contributed by atoms with Crippen LogP contribution in [0.1, 0.15) is 27.8 Å². The van der Waals surface area contributed by atoms with Gasteiger partial charge in [0, 0.05) is 17.4 Å². The van der Waals surface area contributed by atoms with E-state index >= 15 is 0 Å². The Hall–Kier alpha value is -1.24. The van der Waals surface area contributed by atoms with E-state index < -0.39 is 0 Å². The van der Waals surface area contributed by atoms with Gasteiger partial charge in [0.25, 0.3) is 20.4 Å². The third-order valence-electron chi connectivity index (χ3n) is 2.74. The van der Waals surface area contributed by atoms with Gasteiger partial charge in [0.15, 0.2) is 0 Å². The maximum absolute atomic E-state index is 7.50. The first-order valence-electron chi connectivity index (χ1n) is 4.69. The fourth-order valence-corrected chi connectivity index (χ4v) is 1.41. The number of aryl methyl sites for hydroxylation is 2. The Kier molecular flexibility index (Phi) is 22.4. The summed E-state index contributed by atoms with van der Waals surface area (Å²) in [6, 6.07) is 2.26. The molecule has 0 fully saturated rings. The van der Waals surface area contributed by atoms with Crippen molar-refractivity contribution in [3.8, 4) is 0 Å². The molecular weight excluding hydrogens is 268 g/mol. The van der Waals surface area contributed by atoms with E-state index in [1.807, 2.05) is 0 Å². The van der Waals surface area contributed by atoms with Crippen LogP contribution in [0.25, 0.3) is 0 Å². The Morgan fingerprint density at radius 2 is 0.833 bits per heavy atom. The Balaban J connectivity index is -0.000000123. The van der Waals surface area contributed by atoms with Crippen LogP contribution in [0, 0.1) is 34.6 Å². The molecule has 0 spiro atoms. The maximum atomic E-state index is 7.50. The maximum Gasteiger partial charge on any atom is 0.281 e. The Morgan fingerprint density at radius 3 is 1.06 bits per heavy atom. The van der Waals surface area contributed by atoms with Crippen LogP contribution in [-0.2, 0) is 31.7 Å². The topological polar surface area (TPSA) is 51.2 Å². The van der Waals surface area contributed by atoms with Gasteiger partial charge in [0.05, 0.1) is 0 Å². The molecule has 1 aromatic rings. The third kappa shape index (κ3) is 7.94. The molecule has 0 aliphatic heterocycles. The van der Waals surface area contributed by atoms with Gasteiger partial charge in [-0.25, -0.2) is 0 Å². The van der Waals surface area contributed by atoms with E-state index in [1.54, 1.807) is 0 Å². The second kappa shape index (κ2) is 15.8. The monoisotopic (exact) mass is 284 g/mol. The molecule has 0 aliphatic rings. The SMILES string of the molecule is Cc1cc(C)c(C)c(C)c1C.[C]=O.[C]=O.[C]=O.[Cr]. The second-order valence-electron chi connectivity index (χ2n) is 3.39. The van der Waals surface area contributed by atoms with Crippen molar-refractivity contribution in [2.75, 3.05) is 0 Å². The zero-order valence-electron chi connectivity index (χ0n) is 11.2. The number of benzene rings is 1. The van der Waals surface area contributed by atoms with Crippen LogP contribution >= 0.6 is 0 Å². The summed E-state index contributed by atoms with van der Waals surface area (Å²) < 4.78 is 0. The van der Waals surface area contributed by atoms with Crippen LogP contribution in [-0.4, -0.2) is 20.4 Å². The van der Waals surface area contributed by atoms with Gasteiger partial charge in [-0.2, -0.15) is 0 Å². The van der Waals surface area contributed by atoms with Crippen LogP contribution < -0.4 is 0 Å². The smallest absolute Gasteiger partial charge is 0.281 e. The van der Waals surface area contributed by atoms with Crippen molar-refractivity contribution < 1.29 is 31.7 Å². The first-order chi connectivity index (χ1) is 8.04. The molecule has 0 amide bonds. The van der Waals surface area contributed by atoms with Crippen molar-refractivity contribution in [2.24, 2.45) is 0 Å². The Bertz CT molecular complexity index is 307. The van der Waals surface area contributed by atoms with E-state index in [2.05, 4.69) is 61.1 Å². The van der Waals surface area contributed by atoms with E-state index in [1.165, 1.54) is 27.8 Å². The number of hydrogen-bond donors (Lipinski definition) is 0. The molecule has 0 saturated carbocycles. The largest absolute Gasteiger partial charge is 0.281 e. The van der Waals surface area contributed by atoms with E-state index in [-0.39, 0.29) is 17.4 Å². The minimum atomic E-state index is 0. The summed E-state index contributed by atoms with van der Waals surface area (Å²) in [6.45, 7) is 24.4. The average molecular weight is 284 g/mol. The van der Waals surface area contributed by atoms with Crippen LogP contribution in [0.4, 0.5) is 0 Å². The molecule has 0 aromatic heterocycles. The summed E-state index contributed by atoms with van der Waals surface area (Å²) in [5, 5.41) is 0. The molecule has 3 nitrogen and oxygen atoms in total. The molecule has 0 bridgehead atoms.